The minimum Gasteiger partial charge on any atom is -0.484 e. The monoisotopic (exact) mass is 445 g/mol. The maximum absolute atomic E-state index is 12.7. The minimum atomic E-state index is -4.38. The average Bonchev–Trinajstić information content (AvgIpc) is 3.51. The number of ether oxygens (including phenoxy) is 1. The molecule has 9 heteroatoms. The van der Waals surface area contributed by atoms with Crippen molar-refractivity contribution in [3.63, 3.8) is 0 Å². The van der Waals surface area contributed by atoms with Gasteiger partial charge in [-0.15, -0.1) is 0 Å². The van der Waals surface area contributed by atoms with Crippen molar-refractivity contribution >= 4 is 11.5 Å². The van der Waals surface area contributed by atoms with Gasteiger partial charge in [0.15, 0.2) is 6.61 Å². The zero-order chi connectivity index (χ0) is 22.3. The number of pyridine rings is 2. The largest absolute Gasteiger partial charge is 0.484 e. The number of piperidine rings is 1. The van der Waals surface area contributed by atoms with Gasteiger partial charge in [-0.3, -0.25) is 4.40 Å². The first-order valence-electron chi connectivity index (χ1n) is 11.0. The predicted octanol–water partition coefficient (Wildman–Crippen LogP) is 4.77. The van der Waals surface area contributed by atoms with E-state index >= 15 is 0 Å². The van der Waals surface area contributed by atoms with Gasteiger partial charge in [0.2, 0.25) is 0 Å². The van der Waals surface area contributed by atoms with Crippen LogP contribution in [0.5, 0.6) is 5.75 Å². The number of hydrogen-bond acceptors (Lipinski definition) is 5. The van der Waals surface area contributed by atoms with Crippen molar-refractivity contribution < 1.29 is 17.9 Å². The Morgan fingerprint density at radius 2 is 2.09 bits per heavy atom. The van der Waals surface area contributed by atoms with Crippen LogP contribution in [0.15, 0.2) is 36.7 Å². The van der Waals surface area contributed by atoms with Crippen LogP contribution in [0.3, 0.4) is 0 Å². The zero-order valence-electron chi connectivity index (χ0n) is 17.8. The molecule has 4 heterocycles. The van der Waals surface area contributed by atoms with Crippen molar-refractivity contribution in [1.29, 1.82) is 0 Å². The Balaban J connectivity index is 1.44. The molecule has 32 heavy (non-hydrogen) atoms. The van der Waals surface area contributed by atoms with Gasteiger partial charge in [-0.2, -0.15) is 13.2 Å². The van der Waals surface area contributed by atoms with Gasteiger partial charge in [0.1, 0.15) is 17.2 Å². The third kappa shape index (κ3) is 4.67. The summed E-state index contributed by atoms with van der Waals surface area (Å²) in [5.41, 5.74) is 2.88. The molecule has 1 aliphatic heterocycles. The van der Waals surface area contributed by atoms with Crippen molar-refractivity contribution in [1.82, 2.24) is 19.7 Å². The second-order valence-electron chi connectivity index (χ2n) is 8.77. The van der Waals surface area contributed by atoms with Gasteiger partial charge >= 0.3 is 6.18 Å². The van der Waals surface area contributed by atoms with Crippen LogP contribution in [0.2, 0.25) is 0 Å². The van der Waals surface area contributed by atoms with Crippen LogP contribution in [0, 0.1) is 0 Å². The number of nitrogens with one attached hydrogen (secondary N) is 2. The summed E-state index contributed by atoms with van der Waals surface area (Å²) in [7, 11) is 0. The number of rotatable bonds is 6. The number of alkyl halides is 3. The first-order chi connectivity index (χ1) is 15.4. The molecule has 0 amide bonds. The van der Waals surface area contributed by atoms with E-state index in [1.54, 1.807) is 12.3 Å². The summed E-state index contributed by atoms with van der Waals surface area (Å²) in [6, 6.07) is 8.27. The second-order valence-corrected chi connectivity index (χ2v) is 8.77. The van der Waals surface area contributed by atoms with E-state index in [-0.39, 0.29) is 11.7 Å². The summed E-state index contributed by atoms with van der Waals surface area (Å²) in [5, 5.41) is 6.98. The molecule has 2 fully saturated rings. The van der Waals surface area contributed by atoms with Crippen molar-refractivity contribution in [3.05, 3.63) is 42.2 Å². The summed E-state index contributed by atoms with van der Waals surface area (Å²) < 4.78 is 45.1. The Bertz CT molecular complexity index is 1110. The lowest BCUT2D eigenvalue weighted by atomic mass is 10.0. The molecular weight excluding hydrogens is 419 g/mol. The molecule has 1 saturated carbocycles. The molecule has 5 rings (SSSR count). The Morgan fingerprint density at radius 3 is 2.84 bits per heavy atom. The molecule has 1 saturated heterocycles. The summed E-state index contributed by atoms with van der Waals surface area (Å²) in [6.07, 6.45) is 3.16. The van der Waals surface area contributed by atoms with E-state index in [1.807, 2.05) is 28.8 Å². The Labute approximate surface area is 184 Å². The van der Waals surface area contributed by atoms with Gasteiger partial charge in [0.05, 0.1) is 17.6 Å². The molecule has 0 bridgehead atoms. The molecule has 0 unspecified atom stereocenters. The Morgan fingerprint density at radius 1 is 1.25 bits per heavy atom. The summed E-state index contributed by atoms with van der Waals surface area (Å²) in [5.74, 6) is 1.29. The van der Waals surface area contributed by atoms with Crippen LogP contribution >= 0.6 is 0 Å². The van der Waals surface area contributed by atoms with Crippen molar-refractivity contribution in [2.75, 3.05) is 18.5 Å². The first kappa shape index (κ1) is 21.1. The van der Waals surface area contributed by atoms with Gasteiger partial charge < -0.3 is 15.4 Å². The highest BCUT2D eigenvalue weighted by Gasteiger charge is 2.32. The topological polar surface area (TPSA) is 63.5 Å². The molecule has 2 atom stereocenters. The molecule has 0 aromatic carbocycles. The number of anilines is 1. The SMILES string of the molecule is C[C@H]1C[C@@H](Nc2cccc(-c3cnc4cc(OCC(F)(F)F)c(C5CC5)cn34)n2)CCN1. The lowest BCUT2D eigenvalue weighted by Crippen LogP contribution is -2.41. The fourth-order valence-electron chi connectivity index (χ4n) is 4.33. The van der Waals surface area contributed by atoms with E-state index in [2.05, 4.69) is 22.5 Å². The van der Waals surface area contributed by atoms with Crippen molar-refractivity contribution in [2.24, 2.45) is 0 Å². The molecule has 3 aromatic rings. The van der Waals surface area contributed by atoms with Gasteiger partial charge in [0, 0.05) is 29.9 Å². The number of halogens is 3. The minimum absolute atomic E-state index is 0.223. The summed E-state index contributed by atoms with van der Waals surface area (Å²) in [6.45, 7) is 1.86. The summed E-state index contributed by atoms with van der Waals surface area (Å²) >= 11 is 0. The summed E-state index contributed by atoms with van der Waals surface area (Å²) in [4.78, 5) is 9.20. The molecule has 0 spiro atoms. The van der Waals surface area contributed by atoms with Crippen LogP contribution in [-0.4, -0.2) is 45.8 Å². The van der Waals surface area contributed by atoms with Crippen LogP contribution < -0.4 is 15.4 Å². The average molecular weight is 445 g/mol. The molecular formula is C23H26F3N5O. The van der Waals surface area contributed by atoms with Gasteiger partial charge in [-0.05, 0) is 57.2 Å². The molecule has 3 aromatic heterocycles. The molecule has 0 radical (unpaired) electrons. The van der Waals surface area contributed by atoms with E-state index in [0.717, 1.165) is 55.0 Å². The van der Waals surface area contributed by atoms with E-state index in [9.17, 15) is 13.2 Å². The number of imidazole rings is 1. The van der Waals surface area contributed by atoms with Crippen LogP contribution in [0.4, 0.5) is 19.0 Å². The van der Waals surface area contributed by atoms with Crippen molar-refractivity contribution in [2.45, 2.75) is 56.8 Å². The Hall–Kier alpha value is -2.81. The van der Waals surface area contributed by atoms with E-state index in [4.69, 9.17) is 9.72 Å². The number of fused-ring (bicyclic) bond motifs is 1. The van der Waals surface area contributed by atoms with Crippen LogP contribution in [0.1, 0.15) is 44.1 Å². The van der Waals surface area contributed by atoms with Crippen molar-refractivity contribution in [3.8, 4) is 17.1 Å². The molecule has 170 valence electrons. The smallest absolute Gasteiger partial charge is 0.422 e. The number of hydrogen-bond donors (Lipinski definition) is 2. The van der Waals surface area contributed by atoms with Gasteiger partial charge in [0.25, 0.3) is 0 Å². The molecule has 6 nitrogen and oxygen atoms in total. The Kier molecular flexibility index (Phi) is 5.44. The normalized spacial score (nSPS) is 21.6. The second kappa shape index (κ2) is 8.27. The number of aromatic nitrogens is 3. The van der Waals surface area contributed by atoms with Crippen LogP contribution in [0.25, 0.3) is 17.0 Å². The molecule has 2 aliphatic rings. The highest BCUT2D eigenvalue weighted by Crippen LogP contribution is 2.45. The molecule has 2 N–H and O–H groups in total. The maximum atomic E-state index is 12.7. The third-order valence-electron chi connectivity index (χ3n) is 6.03. The highest BCUT2D eigenvalue weighted by atomic mass is 19.4. The molecule has 1 aliphatic carbocycles. The van der Waals surface area contributed by atoms with E-state index in [0.29, 0.717) is 17.7 Å². The zero-order valence-corrected chi connectivity index (χ0v) is 17.8. The number of nitrogens with zero attached hydrogens (tertiary/aromatic N) is 3. The van der Waals surface area contributed by atoms with E-state index in [1.165, 1.54) is 0 Å². The first-order valence-corrected chi connectivity index (χ1v) is 11.0. The quantitative estimate of drug-likeness (QED) is 0.573. The standard InChI is InChI=1S/C23H26F3N5O/c1-14-9-16(7-8-27-14)29-21-4-2-3-18(30-21)19-11-28-22-10-20(32-13-23(24,25)26)17(12-31(19)22)15-5-6-15/h2-4,10-12,14-16,27H,5-9,13H2,1H3,(H,29,30)/t14-,16-/m0/s1. The van der Waals surface area contributed by atoms with Gasteiger partial charge in [-0.1, -0.05) is 6.07 Å². The predicted molar refractivity (Wildman–Crippen MR) is 116 cm³/mol. The van der Waals surface area contributed by atoms with Crippen LogP contribution in [-0.2, 0) is 0 Å². The fraction of sp³-hybridized carbons (Fsp3) is 0.478. The third-order valence-corrected chi connectivity index (χ3v) is 6.03. The fourth-order valence-corrected chi connectivity index (χ4v) is 4.33. The van der Waals surface area contributed by atoms with Gasteiger partial charge in [-0.25, -0.2) is 9.97 Å². The maximum Gasteiger partial charge on any atom is 0.422 e. The van der Waals surface area contributed by atoms with E-state index < -0.39 is 12.8 Å². The highest BCUT2D eigenvalue weighted by molar-refractivity contribution is 5.64. The lowest BCUT2D eigenvalue weighted by molar-refractivity contribution is -0.153. The lowest BCUT2D eigenvalue weighted by Gasteiger charge is -2.29.